The van der Waals surface area contributed by atoms with E-state index in [4.69, 9.17) is 9.47 Å². The Morgan fingerprint density at radius 3 is 2.76 bits per heavy atom. The third-order valence-corrected chi connectivity index (χ3v) is 3.65. The topological polar surface area (TPSA) is 50.8 Å². The van der Waals surface area contributed by atoms with Crippen LogP contribution in [0.2, 0.25) is 0 Å². The van der Waals surface area contributed by atoms with E-state index in [1.54, 1.807) is 7.11 Å². The predicted octanol–water partition coefficient (Wildman–Crippen LogP) is 1.81. The Labute approximate surface area is 126 Å². The van der Waals surface area contributed by atoms with Gasteiger partial charge in [-0.2, -0.15) is 0 Å². The molecule has 1 aliphatic heterocycles. The zero-order valence-corrected chi connectivity index (χ0v) is 12.9. The van der Waals surface area contributed by atoms with Crippen LogP contribution in [0, 0.1) is 0 Å². The van der Waals surface area contributed by atoms with Crippen molar-refractivity contribution in [2.45, 2.75) is 26.3 Å². The number of nitrogens with zero attached hydrogens (tertiary/aromatic N) is 1. The van der Waals surface area contributed by atoms with E-state index in [0.29, 0.717) is 12.3 Å². The van der Waals surface area contributed by atoms with Crippen LogP contribution in [-0.4, -0.2) is 44.2 Å². The highest BCUT2D eigenvalue weighted by Gasteiger charge is 2.18. The molecule has 0 atom stereocenters. The molecule has 0 aromatic heterocycles. The minimum absolute atomic E-state index is 0.0599. The van der Waals surface area contributed by atoms with E-state index in [2.05, 4.69) is 12.2 Å². The van der Waals surface area contributed by atoms with Crippen LogP contribution in [-0.2, 0) is 11.3 Å². The minimum atomic E-state index is 0.0599. The molecule has 1 heterocycles. The van der Waals surface area contributed by atoms with Crippen LogP contribution in [0.4, 0.5) is 0 Å². The highest BCUT2D eigenvalue weighted by molar-refractivity contribution is 5.78. The first-order valence-corrected chi connectivity index (χ1v) is 7.52. The maximum Gasteiger partial charge on any atom is 0.260 e. The van der Waals surface area contributed by atoms with Crippen molar-refractivity contribution >= 4 is 5.91 Å². The number of benzene rings is 1. The number of carbonyl (C=O) groups excluding carboxylic acids is 1. The van der Waals surface area contributed by atoms with Crippen LogP contribution in [0.25, 0.3) is 0 Å². The number of ether oxygens (including phenoxy) is 2. The molecule has 0 spiro atoms. The van der Waals surface area contributed by atoms with Crippen LogP contribution in [0.5, 0.6) is 11.5 Å². The lowest BCUT2D eigenvalue weighted by molar-refractivity contribution is -0.132. The Morgan fingerprint density at radius 2 is 2.10 bits per heavy atom. The Kier molecular flexibility index (Phi) is 5.87. The molecule has 1 amide bonds. The molecule has 0 saturated carbocycles. The number of rotatable bonds is 7. The van der Waals surface area contributed by atoms with Gasteiger partial charge in [0.15, 0.2) is 6.61 Å². The van der Waals surface area contributed by atoms with Gasteiger partial charge >= 0.3 is 0 Å². The van der Waals surface area contributed by atoms with Crippen LogP contribution in [0.1, 0.15) is 25.3 Å². The Morgan fingerprint density at radius 1 is 1.33 bits per heavy atom. The summed E-state index contributed by atoms with van der Waals surface area (Å²) in [4.78, 5) is 13.9. The van der Waals surface area contributed by atoms with Gasteiger partial charge in [0, 0.05) is 31.3 Å². The smallest absolute Gasteiger partial charge is 0.260 e. The third-order valence-electron chi connectivity index (χ3n) is 3.65. The first-order chi connectivity index (χ1) is 10.2. The molecular weight excluding hydrogens is 268 g/mol. The van der Waals surface area contributed by atoms with Crippen LogP contribution in [0.3, 0.4) is 0 Å². The van der Waals surface area contributed by atoms with E-state index >= 15 is 0 Å². The van der Waals surface area contributed by atoms with Crippen molar-refractivity contribution in [3.8, 4) is 11.5 Å². The van der Waals surface area contributed by atoms with Gasteiger partial charge in [0.25, 0.3) is 5.91 Å². The van der Waals surface area contributed by atoms with E-state index in [1.807, 2.05) is 23.1 Å². The third kappa shape index (κ3) is 4.36. The second kappa shape index (κ2) is 7.88. The van der Waals surface area contributed by atoms with Gasteiger partial charge in [-0.3, -0.25) is 4.79 Å². The molecule has 0 aliphatic carbocycles. The van der Waals surface area contributed by atoms with E-state index in [0.717, 1.165) is 43.8 Å². The summed E-state index contributed by atoms with van der Waals surface area (Å²) in [6, 6.07) is 5.71. The molecule has 5 heteroatoms. The lowest BCUT2D eigenvalue weighted by Crippen LogP contribution is -2.32. The number of likely N-dealkylation sites (tertiary alicyclic amines) is 1. The second-order valence-corrected chi connectivity index (χ2v) is 5.13. The zero-order chi connectivity index (χ0) is 15.1. The van der Waals surface area contributed by atoms with Crippen molar-refractivity contribution in [3.05, 3.63) is 23.8 Å². The van der Waals surface area contributed by atoms with Crippen LogP contribution in [0.15, 0.2) is 18.2 Å². The maximum absolute atomic E-state index is 12.1. The Hall–Kier alpha value is -1.75. The van der Waals surface area contributed by atoms with Crippen LogP contribution < -0.4 is 14.8 Å². The van der Waals surface area contributed by atoms with Gasteiger partial charge in [0.05, 0.1) is 7.11 Å². The maximum atomic E-state index is 12.1. The van der Waals surface area contributed by atoms with E-state index in [9.17, 15) is 4.79 Å². The summed E-state index contributed by atoms with van der Waals surface area (Å²) >= 11 is 0. The minimum Gasteiger partial charge on any atom is -0.497 e. The second-order valence-electron chi connectivity index (χ2n) is 5.13. The molecule has 1 aromatic rings. The number of hydrogen-bond donors (Lipinski definition) is 1. The summed E-state index contributed by atoms with van der Waals surface area (Å²) in [5.74, 6) is 1.51. The zero-order valence-electron chi connectivity index (χ0n) is 12.9. The molecule has 1 saturated heterocycles. The molecule has 116 valence electrons. The number of methoxy groups -OCH3 is 1. The monoisotopic (exact) mass is 292 g/mol. The SMILES string of the molecule is CCNCc1ccc(OC)cc1OCC(=O)N1CCCC1. The molecule has 1 aromatic carbocycles. The molecule has 1 N–H and O–H groups in total. The fourth-order valence-electron chi connectivity index (χ4n) is 2.40. The highest BCUT2D eigenvalue weighted by atomic mass is 16.5. The molecule has 0 bridgehead atoms. The number of carbonyl (C=O) groups is 1. The molecule has 0 radical (unpaired) electrons. The summed E-state index contributed by atoms with van der Waals surface area (Å²) in [7, 11) is 1.62. The molecule has 2 rings (SSSR count). The average Bonchev–Trinajstić information content (AvgIpc) is 3.05. The van der Waals surface area contributed by atoms with Gasteiger partial charge in [-0.25, -0.2) is 0 Å². The largest absolute Gasteiger partial charge is 0.497 e. The summed E-state index contributed by atoms with van der Waals surface area (Å²) in [5.41, 5.74) is 1.03. The quantitative estimate of drug-likeness (QED) is 0.832. The molecule has 1 aliphatic rings. The van der Waals surface area contributed by atoms with Crippen molar-refractivity contribution in [1.82, 2.24) is 10.2 Å². The first kappa shape index (κ1) is 15.6. The normalized spacial score (nSPS) is 14.3. The van der Waals surface area contributed by atoms with E-state index in [1.165, 1.54) is 0 Å². The lowest BCUT2D eigenvalue weighted by Gasteiger charge is -2.17. The van der Waals surface area contributed by atoms with Crippen molar-refractivity contribution in [2.75, 3.05) is 33.4 Å². The Bertz CT molecular complexity index is 471. The first-order valence-electron chi connectivity index (χ1n) is 7.52. The fraction of sp³-hybridized carbons (Fsp3) is 0.562. The van der Waals surface area contributed by atoms with Crippen molar-refractivity contribution in [2.24, 2.45) is 0 Å². The highest BCUT2D eigenvalue weighted by Crippen LogP contribution is 2.25. The molecule has 1 fully saturated rings. The summed E-state index contributed by atoms with van der Waals surface area (Å²) < 4.78 is 11.0. The number of amides is 1. The van der Waals surface area contributed by atoms with Gasteiger partial charge in [-0.1, -0.05) is 13.0 Å². The van der Waals surface area contributed by atoms with Gasteiger partial charge in [-0.15, -0.1) is 0 Å². The fourth-order valence-corrected chi connectivity index (χ4v) is 2.40. The van der Waals surface area contributed by atoms with E-state index in [-0.39, 0.29) is 12.5 Å². The van der Waals surface area contributed by atoms with E-state index < -0.39 is 0 Å². The van der Waals surface area contributed by atoms with Gasteiger partial charge in [-0.05, 0) is 25.5 Å². The van der Waals surface area contributed by atoms with Crippen molar-refractivity contribution < 1.29 is 14.3 Å². The summed E-state index contributed by atoms with van der Waals surface area (Å²) in [6.07, 6.45) is 2.19. The van der Waals surface area contributed by atoms with Crippen molar-refractivity contribution in [1.29, 1.82) is 0 Å². The van der Waals surface area contributed by atoms with Crippen molar-refractivity contribution in [3.63, 3.8) is 0 Å². The summed E-state index contributed by atoms with van der Waals surface area (Å²) in [6.45, 7) is 5.45. The lowest BCUT2D eigenvalue weighted by atomic mass is 10.2. The van der Waals surface area contributed by atoms with Gasteiger partial charge < -0.3 is 19.7 Å². The average molecular weight is 292 g/mol. The molecule has 21 heavy (non-hydrogen) atoms. The standard InChI is InChI=1S/C16H24N2O3/c1-3-17-11-13-6-7-14(20-2)10-15(13)21-12-16(19)18-8-4-5-9-18/h6-7,10,17H,3-5,8-9,11-12H2,1-2H3. The molecular formula is C16H24N2O3. The predicted molar refractivity (Wildman–Crippen MR) is 81.7 cm³/mol. The Balaban J connectivity index is 2.00. The molecule has 0 unspecified atom stereocenters. The van der Waals surface area contributed by atoms with Gasteiger partial charge in [0.2, 0.25) is 0 Å². The molecule has 5 nitrogen and oxygen atoms in total. The summed E-state index contributed by atoms with van der Waals surface area (Å²) in [5, 5.41) is 3.27. The number of hydrogen-bond acceptors (Lipinski definition) is 4. The van der Waals surface area contributed by atoms with Gasteiger partial charge in [0.1, 0.15) is 11.5 Å². The number of nitrogens with one attached hydrogen (secondary N) is 1. The van der Waals surface area contributed by atoms with Crippen LogP contribution >= 0.6 is 0 Å².